The molecule has 0 saturated carbocycles. The molecule has 0 unspecified atom stereocenters. The topological polar surface area (TPSA) is 54.9 Å². The number of aromatic amines is 1. The van der Waals surface area contributed by atoms with E-state index in [1.54, 1.807) is 4.90 Å². The van der Waals surface area contributed by atoms with Gasteiger partial charge in [-0.25, -0.2) is 4.39 Å². The van der Waals surface area contributed by atoms with Gasteiger partial charge in [0.1, 0.15) is 5.82 Å². The van der Waals surface area contributed by atoms with Crippen LogP contribution in [0, 0.1) is 5.82 Å². The van der Waals surface area contributed by atoms with Gasteiger partial charge in [-0.1, -0.05) is 0 Å². The summed E-state index contributed by atoms with van der Waals surface area (Å²) < 4.78 is 54.5. The number of H-pyrrole nitrogens is 1. The molecule has 0 bridgehead atoms. The third kappa shape index (κ3) is 3.97. The van der Waals surface area contributed by atoms with Crippen LogP contribution < -0.4 is 4.90 Å². The number of halogens is 4. The Labute approximate surface area is 170 Å². The summed E-state index contributed by atoms with van der Waals surface area (Å²) in [5, 5.41) is 10.6. The van der Waals surface area contributed by atoms with Crippen molar-refractivity contribution in [3.63, 3.8) is 0 Å². The zero-order chi connectivity index (χ0) is 21.5. The fraction of sp³-hybridized carbons (Fsp3) is 0.286. The number of hydrogen-bond acceptors (Lipinski definition) is 4. The lowest BCUT2D eigenvalue weighted by Crippen LogP contribution is -2.45. The number of nitrogens with one attached hydrogen (secondary N) is 1. The second kappa shape index (κ2) is 7.64. The van der Waals surface area contributed by atoms with Crippen LogP contribution in [-0.2, 0) is 6.18 Å². The van der Waals surface area contributed by atoms with E-state index in [9.17, 15) is 22.7 Å². The maximum atomic E-state index is 13.7. The van der Waals surface area contributed by atoms with Crippen LogP contribution in [0.25, 0.3) is 10.9 Å². The molecule has 1 aliphatic heterocycles. The summed E-state index contributed by atoms with van der Waals surface area (Å²) in [5.41, 5.74) is 0.153. The molecule has 158 valence electrons. The van der Waals surface area contributed by atoms with E-state index < -0.39 is 17.6 Å². The van der Waals surface area contributed by atoms with E-state index in [0.717, 1.165) is 6.07 Å². The molecule has 0 aliphatic carbocycles. The zero-order valence-corrected chi connectivity index (χ0v) is 16.2. The number of anilines is 1. The van der Waals surface area contributed by atoms with E-state index in [2.05, 4.69) is 14.9 Å². The lowest BCUT2D eigenvalue weighted by atomic mass is 10.1. The predicted molar refractivity (Wildman–Crippen MR) is 108 cm³/mol. The molecule has 1 aromatic heterocycles. The standard InChI is InChI=1S/C21H20F4N4O/c1-28-6-8-29(9-7-28)19-5-3-14(11-17(19)21(23,24)25)26-12-16-15-4-2-13(22)10-18(15)27-20(16)30/h2-5,10-12,27,30H,6-9H2,1H3. The number of hydrogen-bond donors (Lipinski definition) is 2. The normalized spacial score (nSPS) is 16.1. The van der Waals surface area contributed by atoms with E-state index in [1.165, 1.54) is 36.5 Å². The Kier molecular flexibility index (Phi) is 5.15. The Balaban J connectivity index is 1.68. The first-order valence-corrected chi connectivity index (χ1v) is 9.41. The first kappa shape index (κ1) is 20.2. The summed E-state index contributed by atoms with van der Waals surface area (Å²) in [4.78, 5) is 10.6. The fourth-order valence-electron chi connectivity index (χ4n) is 3.60. The van der Waals surface area contributed by atoms with Crippen LogP contribution in [0.15, 0.2) is 41.4 Å². The van der Waals surface area contributed by atoms with Crippen molar-refractivity contribution < 1.29 is 22.7 Å². The predicted octanol–water partition coefficient (Wildman–Crippen LogP) is 4.53. The minimum absolute atomic E-state index is 0.107. The number of aromatic hydroxyl groups is 1. The second-order valence-corrected chi connectivity index (χ2v) is 7.32. The van der Waals surface area contributed by atoms with Crippen molar-refractivity contribution in [2.45, 2.75) is 6.18 Å². The fourth-order valence-corrected chi connectivity index (χ4v) is 3.60. The third-order valence-corrected chi connectivity index (χ3v) is 5.25. The highest BCUT2D eigenvalue weighted by Crippen LogP contribution is 2.39. The molecule has 0 radical (unpaired) electrons. The molecule has 3 aromatic rings. The zero-order valence-electron chi connectivity index (χ0n) is 16.2. The van der Waals surface area contributed by atoms with Crippen molar-refractivity contribution in [1.29, 1.82) is 0 Å². The number of aliphatic imine (C=N–C) groups is 1. The van der Waals surface area contributed by atoms with Crippen molar-refractivity contribution in [2.75, 3.05) is 38.1 Å². The Morgan fingerprint density at radius 1 is 1.07 bits per heavy atom. The van der Waals surface area contributed by atoms with Gasteiger partial charge in [-0.2, -0.15) is 13.2 Å². The number of alkyl halides is 3. The highest BCUT2D eigenvalue weighted by atomic mass is 19.4. The van der Waals surface area contributed by atoms with Gasteiger partial charge in [0.15, 0.2) is 5.88 Å². The Hall–Kier alpha value is -3.07. The minimum atomic E-state index is -4.52. The average Bonchev–Trinajstić information content (AvgIpc) is 3.00. The molecule has 5 nitrogen and oxygen atoms in total. The van der Waals surface area contributed by atoms with Crippen molar-refractivity contribution in [3.8, 4) is 5.88 Å². The van der Waals surface area contributed by atoms with Gasteiger partial charge in [-0.05, 0) is 43.4 Å². The first-order valence-electron chi connectivity index (χ1n) is 9.41. The summed E-state index contributed by atoms with van der Waals surface area (Å²) in [5.74, 6) is -0.703. The van der Waals surface area contributed by atoms with Gasteiger partial charge in [-0.15, -0.1) is 0 Å². The lowest BCUT2D eigenvalue weighted by Gasteiger charge is -2.35. The monoisotopic (exact) mass is 420 g/mol. The number of rotatable bonds is 3. The summed E-state index contributed by atoms with van der Waals surface area (Å²) in [6, 6.07) is 7.89. The van der Waals surface area contributed by atoms with Crippen LogP contribution in [0.5, 0.6) is 5.88 Å². The third-order valence-electron chi connectivity index (χ3n) is 5.25. The molecule has 2 N–H and O–H groups in total. The van der Waals surface area contributed by atoms with Crippen molar-refractivity contribution >= 4 is 28.5 Å². The summed E-state index contributed by atoms with van der Waals surface area (Å²) in [6.45, 7) is 2.42. The van der Waals surface area contributed by atoms with Crippen LogP contribution in [0.2, 0.25) is 0 Å². The number of nitrogens with zero attached hydrogens (tertiary/aromatic N) is 3. The van der Waals surface area contributed by atoms with E-state index in [-0.39, 0.29) is 22.8 Å². The number of aromatic nitrogens is 1. The van der Waals surface area contributed by atoms with E-state index >= 15 is 0 Å². The number of benzene rings is 2. The molecule has 0 spiro atoms. The molecular weight excluding hydrogens is 400 g/mol. The Bertz CT molecular complexity index is 1100. The smallest absolute Gasteiger partial charge is 0.418 e. The van der Waals surface area contributed by atoms with Crippen LogP contribution in [0.3, 0.4) is 0 Å². The van der Waals surface area contributed by atoms with Crippen molar-refractivity contribution in [1.82, 2.24) is 9.88 Å². The summed E-state index contributed by atoms with van der Waals surface area (Å²) in [6.07, 6.45) is -3.25. The molecule has 1 saturated heterocycles. The minimum Gasteiger partial charge on any atom is -0.494 e. The highest BCUT2D eigenvalue weighted by Gasteiger charge is 2.35. The van der Waals surface area contributed by atoms with E-state index in [1.807, 2.05) is 7.05 Å². The molecule has 30 heavy (non-hydrogen) atoms. The average molecular weight is 420 g/mol. The van der Waals surface area contributed by atoms with E-state index in [4.69, 9.17) is 0 Å². The molecule has 1 aliphatic rings. The molecular formula is C21H20F4N4O. The van der Waals surface area contributed by atoms with Gasteiger partial charge in [0.05, 0.1) is 22.3 Å². The molecule has 2 aromatic carbocycles. The van der Waals surface area contributed by atoms with Gasteiger partial charge in [0.25, 0.3) is 0 Å². The Morgan fingerprint density at radius 2 is 1.80 bits per heavy atom. The Morgan fingerprint density at radius 3 is 2.50 bits per heavy atom. The van der Waals surface area contributed by atoms with Crippen molar-refractivity contribution in [3.05, 3.63) is 53.3 Å². The van der Waals surface area contributed by atoms with Crippen LogP contribution in [0.1, 0.15) is 11.1 Å². The number of fused-ring (bicyclic) bond motifs is 1. The largest absolute Gasteiger partial charge is 0.494 e. The molecule has 2 heterocycles. The number of likely N-dealkylation sites (N-methyl/N-ethyl adjacent to an activating group) is 1. The summed E-state index contributed by atoms with van der Waals surface area (Å²) in [7, 11) is 1.94. The maximum Gasteiger partial charge on any atom is 0.418 e. The molecule has 4 rings (SSSR count). The quantitative estimate of drug-likeness (QED) is 0.484. The van der Waals surface area contributed by atoms with Crippen molar-refractivity contribution in [2.24, 2.45) is 4.99 Å². The van der Waals surface area contributed by atoms with Gasteiger partial charge in [0, 0.05) is 43.5 Å². The second-order valence-electron chi connectivity index (χ2n) is 7.32. The highest BCUT2D eigenvalue weighted by molar-refractivity contribution is 6.02. The first-order chi connectivity index (χ1) is 14.2. The number of piperazine rings is 1. The molecule has 0 atom stereocenters. The van der Waals surface area contributed by atoms with Gasteiger partial charge in [0.2, 0.25) is 0 Å². The molecule has 9 heteroatoms. The van der Waals surface area contributed by atoms with Gasteiger partial charge >= 0.3 is 6.18 Å². The van der Waals surface area contributed by atoms with Gasteiger partial charge < -0.3 is 19.9 Å². The van der Waals surface area contributed by atoms with Crippen LogP contribution in [0.4, 0.5) is 28.9 Å². The van der Waals surface area contributed by atoms with Crippen LogP contribution in [-0.4, -0.2) is 54.4 Å². The van der Waals surface area contributed by atoms with E-state index in [0.29, 0.717) is 37.1 Å². The van der Waals surface area contributed by atoms with Gasteiger partial charge in [-0.3, -0.25) is 4.99 Å². The van der Waals surface area contributed by atoms with Crippen LogP contribution >= 0.6 is 0 Å². The molecule has 1 fully saturated rings. The summed E-state index contributed by atoms with van der Waals surface area (Å²) >= 11 is 0. The maximum absolute atomic E-state index is 13.7. The SMILES string of the molecule is CN1CCN(c2ccc(N=Cc3c(O)[nH]c4cc(F)ccc34)cc2C(F)(F)F)CC1. The lowest BCUT2D eigenvalue weighted by molar-refractivity contribution is -0.137. The molecule has 0 amide bonds.